The van der Waals surface area contributed by atoms with Crippen molar-refractivity contribution in [2.24, 2.45) is 0 Å². The molecule has 0 aliphatic heterocycles. The Morgan fingerprint density at radius 2 is 2.12 bits per heavy atom. The summed E-state index contributed by atoms with van der Waals surface area (Å²) in [5, 5.41) is 5.25. The first-order valence-electron chi connectivity index (χ1n) is 7.41. The molecule has 0 radical (unpaired) electrons. The Morgan fingerprint density at radius 3 is 2.84 bits per heavy atom. The van der Waals surface area contributed by atoms with E-state index in [4.69, 9.17) is 4.74 Å². The summed E-state index contributed by atoms with van der Waals surface area (Å²) >= 11 is 2.42. The van der Waals surface area contributed by atoms with Gasteiger partial charge in [0.15, 0.2) is 10.8 Å². The van der Waals surface area contributed by atoms with Gasteiger partial charge >= 0.3 is 5.97 Å². The molecule has 0 atom stereocenters. The summed E-state index contributed by atoms with van der Waals surface area (Å²) in [7, 11) is 0. The molecule has 25 heavy (non-hydrogen) atoms. The van der Waals surface area contributed by atoms with Crippen LogP contribution < -0.4 is 5.32 Å². The summed E-state index contributed by atoms with van der Waals surface area (Å²) in [6.45, 7) is 3.76. The zero-order chi connectivity index (χ0) is 17.8. The lowest BCUT2D eigenvalue weighted by molar-refractivity contribution is 0.0520. The number of carbonyl (C=O) groups excluding carboxylic acids is 2. The van der Waals surface area contributed by atoms with Gasteiger partial charge < -0.3 is 4.74 Å². The summed E-state index contributed by atoms with van der Waals surface area (Å²) in [6.07, 6.45) is 1.68. The van der Waals surface area contributed by atoms with Gasteiger partial charge in [-0.2, -0.15) is 0 Å². The molecule has 0 aliphatic carbocycles. The van der Waals surface area contributed by atoms with Gasteiger partial charge in [-0.1, -0.05) is 6.07 Å². The average Bonchev–Trinajstić information content (AvgIpc) is 3.23. The van der Waals surface area contributed by atoms with E-state index in [0.29, 0.717) is 26.4 Å². The van der Waals surface area contributed by atoms with E-state index in [9.17, 15) is 9.59 Å². The van der Waals surface area contributed by atoms with Crippen LogP contribution in [0.15, 0.2) is 29.8 Å². The lowest BCUT2D eigenvalue weighted by atomic mass is 10.3. The van der Waals surface area contributed by atoms with Crippen LogP contribution in [-0.2, 0) is 4.74 Å². The highest BCUT2D eigenvalue weighted by atomic mass is 32.1. The monoisotopic (exact) mass is 374 g/mol. The van der Waals surface area contributed by atoms with Crippen LogP contribution in [-0.4, -0.2) is 33.4 Å². The minimum absolute atomic E-state index is 0.178. The number of rotatable bonds is 5. The summed E-state index contributed by atoms with van der Waals surface area (Å²) in [4.78, 5) is 37.3. The van der Waals surface area contributed by atoms with Crippen LogP contribution in [0, 0.1) is 6.92 Å². The Morgan fingerprint density at radius 1 is 1.28 bits per heavy atom. The van der Waals surface area contributed by atoms with E-state index in [1.54, 1.807) is 25.4 Å². The Kier molecular flexibility index (Phi) is 5.15. The first-order chi connectivity index (χ1) is 12.1. The standard InChI is InChI=1S/C16H14N4O3S2/c1-3-23-15(22)11-8-24-16(19-11)20-13(21)12-9(2)18-14(25-12)10-6-4-5-7-17-10/h4-8H,3H2,1-2H3,(H,19,20,21). The number of thiazole rings is 2. The fourth-order valence-electron chi connectivity index (χ4n) is 1.99. The van der Waals surface area contributed by atoms with Crippen molar-refractivity contribution in [1.29, 1.82) is 0 Å². The zero-order valence-electron chi connectivity index (χ0n) is 13.5. The first kappa shape index (κ1) is 17.2. The van der Waals surface area contributed by atoms with Gasteiger partial charge in [-0.05, 0) is 26.0 Å². The Hall–Kier alpha value is -2.65. The van der Waals surface area contributed by atoms with Crippen LogP contribution in [0.25, 0.3) is 10.7 Å². The maximum atomic E-state index is 12.5. The number of hydrogen-bond acceptors (Lipinski definition) is 8. The predicted octanol–water partition coefficient (Wildman–Crippen LogP) is 3.40. The van der Waals surface area contributed by atoms with Crippen molar-refractivity contribution in [2.45, 2.75) is 13.8 Å². The topological polar surface area (TPSA) is 94.1 Å². The van der Waals surface area contributed by atoms with Gasteiger partial charge in [0.2, 0.25) is 0 Å². The molecule has 3 rings (SSSR count). The molecule has 0 spiro atoms. The van der Waals surface area contributed by atoms with Gasteiger partial charge in [-0.15, -0.1) is 22.7 Å². The molecule has 0 bridgehead atoms. The quantitative estimate of drug-likeness (QED) is 0.688. The maximum Gasteiger partial charge on any atom is 0.357 e. The highest BCUT2D eigenvalue weighted by Crippen LogP contribution is 2.27. The summed E-state index contributed by atoms with van der Waals surface area (Å²) in [5.41, 5.74) is 1.51. The van der Waals surface area contributed by atoms with Crippen molar-refractivity contribution in [3.8, 4) is 10.7 Å². The third-order valence-corrected chi connectivity index (χ3v) is 5.03. The van der Waals surface area contributed by atoms with Crippen molar-refractivity contribution in [1.82, 2.24) is 15.0 Å². The number of esters is 1. The highest BCUT2D eigenvalue weighted by molar-refractivity contribution is 7.17. The van der Waals surface area contributed by atoms with E-state index in [1.165, 1.54) is 11.3 Å². The molecule has 128 valence electrons. The van der Waals surface area contributed by atoms with Crippen molar-refractivity contribution in [3.63, 3.8) is 0 Å². The second-order valence-corrected chi connectivity index (χ2v) is 6.72. The number of ether oxygens (including phenoxy) is 1. The number of aryl methyl sites for hydroxylation is 1. The van der Waals surface area contributed by atoms with Crippen LogP contribution in [0.5, 0.6) is 0 Å². The molecule has 1 amide bonds. The maximum absolute atomic E-state index is 12.5. The molecule has 3 heterocycles. The number of amides is 1. The smallest absolute Gasteiger partial charge is 0.357 e. The molecular weight excluding hydrogens is 360 g/mol. The lowest BCUT2D eigenvalue weighted by Gasteiger charge is -1.99. The van der Waals surface area contributed by atoms with Crippen molar-refractivity contribution in [3.05, 3.63) is 46.0 Å². The molecule has 0 aliphatic rings. The average molecular weight is 374 g/mol. The van der Waals surface area contributed by atoms with Gasteiger partial charge in [0.25, 0.3) is 5.91 Å². The number of nitrogens with zero attached hydrogens (tertiary/aromatic N) is 3. The van der Waals surface area contributed by atoms with Gasteiger partial charge in [0.1, 0.15) is 9.88 Å². The van der Waals surface area contributed by atoms with Crippen LogP contribution in [0.1, 0.15) is 32.8 Å². The molecule has 3 aromatic heterocycles. The van der Waals surface area contributed by atoms with E-state index < -0.39 is 5.97 Å². The van der Waals surface area contributed by atoms with Crippen molar-refractivity contribution < 1.29 is 14.3 Å². The fraction of sp³-hybridized carbons (Fsp3) is 0.188. The van der Waals surface area contributed by atoms with Crippen LogP contribution in [0.2, 0.25) is 0 Å². The first-order valence-corrected chi connectivity index (χ1v) is 9.11. The van der Waals surface area contributed by atoms with Gasteiger partial charge in [0.05, 0.1) is 18.0 Å². The molecule has 0 unspecified atom stereocenters. The molecule has 9 heteroatoms. The predicted molar refractivity (Wildman–Crippen MR) is 96.1 cm³/mol. The Labute approximate surface area is 151 Å². The number of anilines is 1. The molecule has 3 aromatic rings. The Balaban J connectivity index is 1.76. The normalized spacial score (nSPS) is 10.5. The lowest BCUT2D eigenvalue weighted by Crippen LogP contribution is -2.12. The molecule has 0 aromatic carbocycles. The summed E-state index contributed by atoms with van der Waals surface area (Å²) in [6, 6.07) is 5.53. The van der Waals surface area contributed by atoms with Crippen molar-refractivity contribution in [2.75, 3.05) is 11.9 Å². The highest BCUT2D eigenvalue weighted by Gasteiger charge is 2.19. The third kappa shape index (κ3) is 3.89. The SMILES string of the molecule is CCOC(=O)c1csc(NC(=O)c2sc(-c3ccccn3)nc2C)n1. The van der Waals surface area contributed by atoms with Crippen LogP contribution >= 0.6 is 22.7 Å². The Bertz CT molecular complexity index is 905. The van der Waals surface area contributed by atoms with Gasteiger partial charge in [-0.3, -0.25) is 15.1 Å². The molecule has 0 saturated carbocycles. The third-order valence-electron chi connectivity index (χ3n) is 3.10. The van der Waals surface area contributed by atoms with Gasteiger partial charge in [0, 0.05) is 11.6 Å². The number of pyridine rings is 1. The molecular formula is C16H14N4O3S2. The van der Waals surface area contributed by atoms with E-state index in [0.717, 1.165) is 11.3 Å². The van der Waals surface area contributed by atoms with Gasteiger partial charge in [-0.25, -0.2) is 14.8 Å². The largest absolute Gasteiger partial charge is 0.461 e. The molecule has 7 nitrogen and oxygen atoms in total. The van der Waals surface area contributed by atoms with Crippen LogP contribution in [0.3, 0.4) is 0 Å². The summed E-state index contributed by atoms with van der Waals surface area (Å²) < 4.78 is 4.88. The zero-order valence-corrected chi connectivity index (χ0v) is 15.1. The minimum atomic E-state index is -0.509. The fourth-order valence-corrected chi connectivity index (χ4v) is 3.60. The number of carbonyl (C=O) groups is 2. The minimum Gasteiger partial charge on any atom is -0.461 e. The molecule has 1 N–H and O–H groups in total. The second-order valence-electron chi connectivity index (χ2n) is 4.86. The van der Waals surface area contributed by atoms with E-state index in [-0.39, 0.29) is 18.2 Å². The van der Waals surface area contributed by atoms with Crippen molar-refractivity contribution >= 4 is 39.7 Å². The van der Waals surface area contributed by atoms with E-state index in [2.05, 4.69) is 20.3 Å². The van der Waals surface area contributed by atoms with E-state index in [1.807, 2.05) is 18.2 Å². The summed E-state index contributed by atoms with van der Waals surface area (Å²) in [5.74, 6) is -0.826. The number of aromatic nitrogens is 3. The molecule has 0 saturated heterocycles. The number of hydrogen-bond donors (Lipinski definition) is 1. The van der Waals surface area contributed by atoms with Crippen LogP contribution in [0.4, 0.5) is 5.13 Å². The number of nitrogens with one attached hydrogen (secondary N) is 1. The molecule has 0 fully saturated rings. The second kappa shape index (κ2) is 7.49. The van der Waals surface area contributed by atoms with E-state index >= 15 is 0 Å².